The van der Waals surface area contributed by atoms with Gasteiger partial charge in [-0.2, -0.15) is 18.4 Å². The smallest absolute Gasteiger partial charge is 0.416 e. The van der Waals surface area contributed by atoms with E-state index in [0.29, 0.717) is 34.8 Å². The van der Waals surface area contributed by atoms with Gasteiger partial charge in [0.25, 0.3) is 0 Å². The number of carbonyl (C=O) groups excluding carboxylic acids is 1. The summed E-state index contributed by atoms with van der Waals surface area (Å²) in [5.74, 6) is -0.744. The van der Waals surface area contributed by atoms with Crippen LogP contribution < -0.4 is 10.6 Å². The second-order valence-electron chi connectivity index (χ2n) is 11.0. The molecule has 0 saturated heterocycles. The number of H-pyrrole nitrogens is 1. The van der Waals surface area contributed by atoms with Crippen molar-refractivity contribution < 1.29 is 40.2 Å². The number of benzene rings is 2. The average molecular weight is 637 g/mol. The minimum absolute atomic E-state index is 0.0105. The summed E-state index contributed by atoms with van der Waals surface area (Å²) in [6.45, 7) is 2.26. The number of anilines is 2. The molecule has 1 aliphatic heterocycles. The fraction of sp³-hybridized carbons (Fsp3) is 0.357. The molecule has 16 heteroatoms. The molecule has 0 radical (unpaired) electrons. The summed E-state index contributed by atoms with van der Waals surface area (Å²) in [7, 11) is 3.33. The number of methoxy groups -OCH3 is 1. The van der Waals surface area contributed by atoms with Crippen molar-refractivity contribution in [3.05, 3.63) is 86.5 Å². The number of halogens is 3. The van der Waals surface area contributed by atoms with Gasteiger partial charge in [0.2, 0.25) is 5.95 Å². The molecule has 0 spiro atoms. The fourth-order valence-corrected chi connectivity index (χ4v) is 4.69. The predicted octanol–water partition coefficient (Wildman–Crippen LogP) is 3.06. The largest absolute Gasteiger partial charge is 0.748 e. The van der Waals surface area contributed by atoms with Crippen LogP contribution in [0.2, 0.25) is 0 Å². The number of hydrogen-bond acceptors (Lipinski definition) is 9. The quantitative estimate of drug-likeness (QED) is 0.244. The van der Waals surface area contributed by atoms with Crippen molar-refractivity contribution in [1.82, 2.24) is 14.8 Å². The number of nitrogens with one attached hydrogen (secondary N) is 1. The molecule has 3 aromatic rings. The number of quaternary nitrogens is 1. The van der Waals surface area contributed by atoms with Crippen LogP contribution in [0.25, 0.3) is 0 Å². The van der Waals surface area contributed by atoms with Crippen LogP contribution in [0.15, 0.2) is 58.5 Å². The summed E-state index contributed by atoms with van der Waals surface area (Å²) in [5, 5.41) is 16.0. The molecule has 1 aliphatic rings. The molecule has 0 bridgehead atoms. The molecule has 0 aliphatic carbocycles. The Labute approximate surface area is 251 Å². The van der Waals surface area contributed by atoms with Crippen molar-refractivity contribution in [1.29, 1.82) is 5.26 Å². The van der Waals surface area contributed by atoms with Gasteiger partial charge in [0, 0.05) is 24.1 Å². The number of rotatable bonds is 6. The minimum atomic E-state index is -4.61. The van der Waals surface area contributed by atoms with Gasteiger partial charge < -0.3 is 13.8 Å². The number of aromatic nitrogens is 3. The zero-order chi connectivity index (χ0) is 33.2. The number of hydrogen-bond donors (Lipinski definition) is 1. The lowest BCUT2D eigenvalue weighted by molar-refractivity contribution is -0.870. The van der Waals surface area contributed by atoms with Gasteiger partial charge in [-0.3, -0.25) is 4.90 Å². The molecule has 1 aromatic heterocycles. The third kappa shape index (κ3) is 7.92. The van der Waals surface area contributed by atoms with Crippen molar-refractivity contribution in [2.24, 2.45) is 0 Å². The molecule has 0 fully saturated rings. The van der Waals surface area contributed by atoms with E-state index >= 15 is 0 Å². The SMILES string of the molecule is COC(=O)C1=C(C)N(c2cccc(C(F)(F)F)c2)c2n[nH]c(=O)n2[C@@H]1c1ccc(C#N)cc1CC[N+](C)(C)C.CS(=O)(=O)[O-]. The van der Waals surface area contributed by atoms with Gasteiger partial charge in [-0.05, 0) is 48.4 Å². The second-order valence-corrected chi connectivity index (χ2v) is 12.4. The van der Waals surface area contributed by atoms with Crippen molar-refractivity contribution in [3.8, 4) is 6.07 Å². The van der Waals surface area contributed by atoms with E-state index in [0.717, 1.165) is 17.7 Å². The van der Waals surface area contributed by atoms with Crippen LogP contribution in [-0.4, -0.2) is 79.2 Å². The zero-order valence-electron chi connectivity index (χ0n) is 24.8. The van der Waals surface area contributed by atoms with Gasteiger partial charge in [-0.25, -0.2) is 27.7 Å². The average Bonchev–Trinajstić information content (AvgIpc) is 3.29. The molecular formula is C28H31F3N6O6S. The lowest BCUT2D eigenvalue weighted by Crippen LogP contribution is -2.39. The number of ether oxygens (including phenoxy) is 1. The van der Waals surface area contributed by atoms with Crippen molar-refractivity contribution in [2.45, 2.75) is 25.6 Å². The fourth-order valence-electron chi connectivity index (χ4n) is 4.69. The number of nitrogens with zero attached hydrogens (tertiary/aromatic N) is 5. The Balaban J connectivity index is 0.000000978. The number of fused-ring (bicyclic) bond motifs is 1. The van der Waals surface area contributed by atoms with Crippen LogP contribution in [0.1, 0.15) is 35.2 Å². The number of nitriles is 1. The molecule has 1 N–H and O–H groups in total. The summed E-state index contributed by atoms with van der Waals surface area (Å²) in [5.41, 5.74) is 0.547. The number of allylic oxidation sites excluding steroid dienone is 1. The molecule has 4 rings (SSSR count). The van der Waals surface area contributed by atoms with E-state index < -0.39 is 39.6 Å². The molecule has 12 nitrogen and oxygen atoms in total. The molecule has 1 atom stereocenters. The highest BCUT2D eigenvalue weighted by Gasteiger charge is 2.41. The van der Waals surface area contributed by atoms with Crippen LogP contribution in [0.5, 0.6) is 0 Å². The summed E-state index contributed by atoms with van der Waals surface area (Å²) in [4.78, 5) is 27.8. The molecule has 2 aromatic carbocycles. The van der Waals surface area contributed by atoms with E-state index in [1.54, 1.807) is 25.1 Å². The Hall–Kier alpha value is -4.46. The molecule has 0 saturated carbocycles. The summed E-state index contributed by atoms with van der Waals surface area (Å²) >= 11 is 0. The van der Waals surface area contributed by atoms with Crippen molar-refractivity contribution >= 4 is 27.7 Å². The Morgan fingerprint density at radius 1 is 1.20 bits per heavy atom. The maximum Gasteiger partial charge on any atom is 0.416 e. The monoisotopic (exact) mass is 636 g/mol. The highest BCUT2D eigenvalue weighted by Crippen LogP contribution is 2.43. The molecule has 0 amide bonds. The number of aromatic amines is 1. The maximum absolute atomic E-state index is 13.5. The van der Waals surface area contributed by atoms with Crippen molar-refractivity contribution in [3.63, 3.8) is 0 Å². The van der Waals surface area contributed by atoms with Crippen LogP contribution in [0.4, 0.5) is 24.8 Å². The first kappa shape index (κ1) is 34.0. The second kappa shape index (κ2) is 12.6. The van der Waals surface area contributed by atoms with Crippen LogP contribution >= 0.6 is 0 Å². The summed E-state index contributed by atoms with van der Waals surface area (Å²) in [6, 6.07) is 10.7. The van der Waals surface area contributed by atoms with Crippen LogP contribution in [0, 0.1) is 11.3 Å². The number of carbonyl (C=O) groups is 1. The molecule has 0 unspecified atom stereocenters. The normalized spacial score (nSPS) is 15.2. The lowest BCUT2D eigenvalue weighted by Gasteiger charge is -2.36. The van der Waals surface area contributed by atoms with E-state index in [2.05, 4.69) is 16.3 Å². The Bertz CT molecular complexity index is 1790. The van der Waals surface area contributed by atoms with Gasteiger partial charge in [0.05, 0.1) is 67.7 Å². The Morgan fingerprint density at radius 3 is 2.39 bits per heavy atom. The first-order chi connectivity index (χ1) is 20.3. The third-order valence-corrected chi connectivity index (χ3v) is 6.60. The van der Waals surface area contributed by atoms with Crippen LogP contribution in [0.3, 0.4) is 0 Å². The molecule has 236 valence electrons. The van der Waals surface area contributed by atoms with Crippen LogP contribution in [-0.2, 0) is 32.2 Å². The maximum atomic E-state index is 13.5. The van der Waals surface area contributed by atoms with E-state index in [1.165, 1.54) is 28.7 Å². The zero-order valence-corrected chi connectivity index (χ0v) is 25.6. The van der Waals surface area contributed by atoms with E-state index in [1.807, 2.05) is 21.1 Å². The van der Waals surface area contributed by atoms with Crippen molar-refractivity contribution in [2.75, 3.05) is 46.0 Å². The topological polar surface area (TPSA) is 161 Å². The molecule has 44 heavy (non-hydrogen) atoms. The number of alkyl halides is 3. The number of esters is 1. The Morgan fingerprint density at radius 2 is 1.84 bits per heavy atom. The Kier molecular flexibility index (Phi) is 9.78. The third-order valence-electron chi connectivity index (χ3n) is 6.60. The van der Waals surface area contributed by atoms with Gasteiger partial charge in [0.1, 0.15) is 6.04 Å². The highest BCUT2D eigenvalue weighted by atomic mass is 32.2. The lowest BCUT2D eigenvalue weighted by atomic mass is 9.89. The summed E-state index contributed by atoms with van der Waals surface area (Å²) in [6.07, 6.45) is -3.48. The van der Waals surface area contributed by atoms with E-state index in [-0.39, 0.29) is 22.9 Å². The predicted molar refractivity (Wildman–Crippen MR) is 153 cm³/mol. The van der Waals surface area contributed by atoms with Gasteiger partial charge in [0.15, 0.2) is 0 Å². The first-order valence-electron chi connectivity index (χ1n) is 12.9. The first-order valence-corrected chi connectivity index (χ1v) is 14.8. The highest BCUT2D eigenvalue weighted by molar-refractivity contribution is 7.84. The molecule has 2 heterocycles. The van der Waals surface area contributed by atoms with Gasteiger partial charge in [-0.15, -0.1) is 5.10 Å². The number of likely N-dealkylation sites (N-methyl/N-ethyl adjacent to an activating group) is 1. The minimum Gasteiger partial charge on any atom is -0.748 e. The van der Waals surface area contributed by atoms with E-state index in [4.69, 9.17) is 17.7 Å². The van der Waals surface area contributed by atoms with Gasteiger partial charge >= 0.3 is 17.8 Å². The summed E-state index contributed by atoms with van der Waals surface area (Å²) < 4.78 is 74.8. The van der Waals surface area contributed by atoms with E-state index in [9.17, 15) is 28.0 Å². The molecular weight excluding hydrogens is 605 g/mol. The standard InChI is InChI=1S/C27H27F3N6O3.CH4O3S/c1-16-22(24(37)39-5)23(21-10-9-17(15-31)13-18(21)11-12-36(2,3)4)35-25(32-33-26(35)38)34(16)20-8-6-7-19(14-20)27(28,29)30;1-5(2,3)4/h6-10,13-14,23H,11-12H2,1-5H3;1H3,(H,2,3,4)/t23-;/m1./s1. The van der Waals surface area contributed by atoms with Gasteiger partial charge in [-0.1, -0.05) is 12.1 Å².